The number of alkyl halides is 4. The average molecular weight is 1600 g/mol. The Morgan fingerprint density at radius 1 is 0.611 bits per heavy atom. The van der Waals surface area contributed by atoms with Gasteiger partial charge in [-0.3, -0.25) is 24.0 Å². The molecule has 5 heterocycles. The normalized spacial score (nSPS) is 14.8. The number of nitriles is 2. The zero-order valence-corrected chi connectivity index (χ0v) is 63.1. The molecule has 1 saturated heterocycles. The quantitative estimate of drug-likeness (QED) is 0.0178. The standard InChI is InChI=1S/C24H25N3O4.C20H19F2NO4.C19H19F4NO3S.C19H13F2N3O2S/c1-14(2)15-3-5-16(6-4-15)18-11-20(19(12-25)17-8-10-30-22(17)18)27-23(29)24(13-31-24)9-7-21(26)28;1-3-18(25)23-17-10-15(19-14(8-9-26-19)16(17)11-24)12-4-6-13(7-5-12)27-20(2,21)22;1-3-18(26)24-17-10-15(19-14(8-9-27-19)16(17)11-25)12-4-6-13(7-5-12)28(2,20,21,22)23;1-3-16(25)24-15-8-13(17-18(14(15)9-22)27-10-23-17)11-4-6-12(7-5-11)26-19(2,20)21/h3-6,11,14H,7-10,13H2,1-2H3,(H2,26,28)(H,27,29);3-7,10,24H,1,8-9,11H2,2H3,(H,23,25);3-7,10,25H,1,8-9,11H2,2H3,(H,24,26);3-8,10H,1H2,2H3,(H,24,25)/t24-;;;/m0.../s1. The zero-order valence-electron chi connectivity index (χ0n) is 61.5. The second-order valence-corrected chi connectivity index (χ2v) is 31.1. The van der Waals surface area contributed by atoms with E-state index < -0.39 is 56.2 Å². The summed E-state index contributed by atoms with van der Waals surface area (Å²) in [5.74, 6) is 0.0167. The van der Waals surface area contributed by atoms with E-state index in [1.807, 2.05) is 12.1 Å². The number of amides is 5. The second kappa shape index (κ2) is 33.0. The van der Waals surface area contributed by atoms with Crippen LogP contribution in [0.3, 0.4) is 0 Å². The number of anilines is 4. The number of primary amides is 1. The van der Waals surface area contributed by atoms with Crippen LogP contribution in [0.1, 0.15) is 91.0 Å². The van der Waals surface area contributed by atoms with Gasteiger partial charge in [-0.25, -0.2) is 4.98 Å². The highest BCUT2D eigenvalue weighted by Gasteiger charge is 2.59. The van der Waals surface area contributed by atoms with Gasteiger partial charge in [0, 0.05) is 101 Å². The first-order valence-corrected chi connectivity index (χ1v) is 38.1. The van der Waals surface area contributed by atoms with Crippen molar-refractivity contribution in [2.75, 3.05) is 54.0 Å². The Morgan fingerprint density at radius 3 is 1.38 bits per heavy atom. The van der Waals surface area contributed by atoms with Crippen molar-refractivity contribution in [1.82, 2.24) is 4.98 Å². The number of epoxide rings is 1. The van der Waals surface area contributed by atoms with Crippen molar-refractivity contribution in [3.63, 3.8) is 0 Å². The van der Waals surface area contributed by atoms with Crippen LogP contribution < -0.4 is 50.7 Å². The summed E-state index contributed by atoms with van der Waals surface area (Å²) in [7, 11) is -8.27. The molecular weight excluding hydrogens is 1520 g/mol. The number of carbonyl (C=O) groups excluding carboxylic acids is 5. The first-order valence-electron chi connectivity index (χ1n) is 34.8. The van der Waals surface area contributed by atoms with Crippen molar-refractivity contribution in [2.24, 2.45) is 5.73 Å². The van der Waals surface area contributed by atoms with Crippen LogP contribution in [0.25, 0.3) is 54.7 Å². The number of nitrogens with two attached hydrogens (primary N) is 1. The fourth-order valence-corrected chi connectivity index (χ4v) is 14.2. The third-order valence-electron chi connectivity index (χ3n) is 18.1. The van der Waals surface area contributed by atoms with Gasteiger partial charge in [0.2, 0.25) is 23.6 Å². The Balaban J connectivity index is 0.000000160. The fourth-order valence-electron chi connectivity index (χ4n) is 12.6. The van der Waals surface area contributed by atoms with E-state index in [2.05, 4.69) is 93.6 Å². The number of rotatable bonds is 23. The minimum atomic E-state index is -8.27. The van der Waals surface area contributed by atoms with Gasteiger partial charge in [-0.05, 0) is 119 Å². The summed E-state index contributed by atoms with van der Waals surface area (Å²) in [5.41, 5.74) is 18.5. The molecule has 1 aromatic heterocycles. The molecule has 8 aromatic carbocycles. The predicted molar refractivity (Wildman–Crippen MR) is 415 cm³/mol. The lowest BCUT2D eigenvalue weighted by atomic mass is 9.93. The number of hydrogen-bond donors (Lipinski definition) is 7. The molecule has 0 unspecified atom stereocenters. The Kier molecular flexibility index (Phi) is 24.4. The molecule has 0 radical (unpaired) electrons. The van der Waals surface area contributed by atoms with Gasteiger partial charge in [-0.2, -0.15) is 28.1 Å². The van der Waals surface area contributed by atoms with Crippen molar-refractivity contribution < 1.29 is 95.7 Å². The highest BCUT2D eigenvalue weighted by atomic mass is 32.5. The number of fused-ring (bicyclic) bond motifs is 4. The SMILES string of the molecule is C=CC(=O)Nc1cc(-c2ccc(OC(C)(F)F)cc2)c2c(c1CO)CCO2.C=CC(=O)Nc1cc(-c2ccc(OC(C)(F)F)cc2)c2ncsc2c1C#N.C=CC(=O)Nc1cc(-c2ccc(S(C)(F)(F)(F)F)cc2)c2c(c1CO)CCO2.CC(C)c1ccc(-c2cc(NC(=O)[C@]3(CCC(N)=O)CO3)c(C#N)c3c2OCC3)cc1. The van der Waals surface area contributed by atoms with Gasteiger partial charge >= 0.3 is 12.2 Å². The summed E-state index contributed by atoms with van der Waals surface area (Å²) >= 11 is 1.27. The minimum Gasteiger partial charge on any atom is -0.492 e. The molecule has 8 N–H and O–H groups in total. The van der Waals surface area contributed by atoms with Crippen LogP contribution in [0, 0.1) is 22.7 Å². The number of ether oxygens (including phenoxy) is 6. The van der Waals surface area contributed by atoms with E-state index in [-0.39, 0.29) is 56.3 Å². The maximum atomic E-state index is 13.6. The number of hydrogen-bond acceptors (Lipinski definition) is 17. The molecule has 9 aromatic rings. The molecule has 31 heteroatoms. The van der Waals surface area contributed by atoms with Crippen molar-refractivity contribution in [3.05, 3.63) is 209 Å². The van der Waals surface area contributed by atoms with Crippen molar-refractivity contribution in [3.8, 4) is 85.4 Å². The van der Waals surface area contributed by atoms with Gasteiger partial charge in [0.1, 0.15) is 40.9 Å². The first-order chi connectivity index (χ1) is 53.3. The first kappa shape index (κ1) is 83.3. The van der Waals surface area contributed by atoms with Gasteiger partial charge in [-0.1, -0.05) is 94.2 Å². The Labute approximate surface area is 647 Å². The highest BCUT2D eigenvalue weighted by Crippen LogP contribution is 2.98. The molecule has 0 saturated carbocycles. The van der Waals surface area contributed by atoms with Gasteiger partial charge in [0.15, 0.2) is 15.4 Å². The van der Waals surface area contributed by atoms with E-state index in [0.29, 0.717) is 182 Å². The number of carbonyl (C=O) groups is 5. The summed E-state index contributed by atoms with van der Waals surface area (Å²) in [6.45, 7) is 16.7. The van der Waals surface area contributed by atoms with Crippen molar-refractivity contribution in [1.29, 1.82) is 10.5 Å². The summed E-state index contributed by atoms with van der Waals surface area (Å²) in [6, 6.07) is 35.1. The zero-order chi connectivity index (χ0) is 82.2. The van der Waals surface area contributed by atoms with Crippen LogP contribution in [0.5, 0.6) is 28.7 Å². The maximum absolute atomic E-state index is 13.6. The summed E-state index contributed by atoms with van der Waals surface area (Å²) < 4.78 is 139. The van der Waals surface area contributed by atoms with Crippen LogP contribution in [0.2, 0.25) is 0 Å². The third-order valence-corrected chi connectivity index (χ3v) is 20.4. The predicted octanol–water partition coefficient (Wildman–Crippen LogP) is 17.4. The number of thiazole rings is 1. The highest BCUT2D eigenvalue weighted by molar-refractivity contribution is 8.49. The lowest BCUT2D eigenvalue weighted by Crippen LogP contribution is -2.33. The molecule has 4 aliphatic rings. The van der Waals surface area contributed by atoms with E-state index in [9.17, 15) is 77.8 Å². The van der Waals surface area contributed by atoms with E-state index in [1.165, 1.54) is 47.2 Å². The number of aliphatic hydroxyl groups excluding tert-OH is 2. The van der Waals surface area contributed by atoms with E-state index in [1.54, 1.807) is 48.0 Å². The summed E-state index contributed by atoms with van der Waals surface area (Å²) in [6.07, 6.45) is -1.61. The monoisotopic (exact) mass is 1600 g/mol. The largest absolute Gasteiger partial charge is 0.492 e. The molecule has 0 aliphatic carbocycles. The van der Waals surface area contributed by atoms with Gasteiger partial charge in [0.05, 0.1) is 89.0 Å². The van der Waals surface area contributed by atoms with Crippen LogP contribution in [0.15, 0.2) is 170 Å². The number of nitrogens with one attached hydrogen (secondary N) is 4. The number of nitrogens with zero attached hydrogens (tertiary/aromatic N) is 3. The topological polar surface area (TPSA) is 319 Å². The number of benzene rings is 8. The number of aromatic nitrogens is 1. The van der Waals surface area contributed by atoms with E-state index in [4.69, 9.17) is 24.7 Å². The van der Waals surface area contributed by atoms with Crippen LogP contribution >= 0.6 is 21.2 Å². The second-order valence-electron chi connectivity index (χ2n) is 26.8. The molecule has 1 fully saturated rings. The smallest absolute Gasteiger partial charge is 0.394 e. The van der Waals surface area contributed by atoms with Crippen LogP contribution in [0.4, 0.5) is 55.9 Å². The molecule has 21 nitrogen and oxygen atoms in total. The Hall–Kier alpha value is -12.1. The molecule has 0 spiro atoms. The minimum absolute atomic E-state index is 0.0228. The Morgan fingerprint density at radius 2 is 0.991 bits per heavy atom. The van der Waals surface area contributed by atoms with Crippen LogP contribution in [-0.4, -0.2) is 95.2 Å². The molecule has 4 aliphatic heterocycles. The third kappa shape index (κ3) is 20.0. The number of halogens is 8. The average Bonchev–Trinajstić information content (AvgIpc) is 1.58. The lowest BCUT2D eigenvalue weighted by molar-refractivity contribution is -0.159. The van der Waals surface area contributed by atoms with Crippen molar-refractivity contribution in [2.45, 2.75) is 102 Å². The molecule has 113 heavy (non-hydrogen) atoms. The van der Waals surface area contributed by atoms with Gasteiger partial charge in [0.25, 0.3) is 5.91 Å². The van der Waals surface area contributed by atoms with E-state index in [0.717, 1.165) is 52.6 Å². The molecule has 590 valence electrons. The molecule has 5 amide bonds. The van der Waals surface area contributed by atoms with Gasteiger partial charge in [-0.15, -0.1) is 26.9 Å². The molecular formula is C82H76F8N8O13S2. The molecule has 13 rings (SSSR count). The Bertz CT molecular complexity index is 5310. The number of aliphatic hydroxyl groups is 2. The van der Waals surface area contributed by atoms with E-state index >= 15 is 0 Å². The molecule has 0 bridgehead atoms. The van der Waals surface area contributed by atoms with Crippen LogP contribution in [-0.2, 0) is 61.2 Å². The summed E-state index contributed by atoms with van der Waals surface area (Å²) in [5, 5.41) is 49.5. The van der Waals surface area contributed by atoms with Crippen molar-refractivity contribution >= 4 is 83.7 Å². The van der Waals surface area contributed by atoms with Gasteiger partial charge < -0.3 is 65.6 Å². The molecule has 1 atom stereocenters. The fraction of sp³-hybridized carbons (Fsp3) is 0.244. The lowest BCUT2D eigenvalue weighted by Gasteiger charge is -2.46. The summed E-state index contributed by atoms with van der Waals surface area (Å²) in [4.78, 5) is 62.2. The maximum Gasteiger partial charge on any atom is 0.394 e.